The molecule has 0 fully saturated rings. The van der Waals surface area contributed by atoms with E-state index in [9.17, 15) is 18.0 Å². The van der Waals surface area contributed by atoms with Gasteiger partial charge in [-0.1, -0.05) is 23.2 Å². The lowest BCUT2D eigenvalue weighted by Crippen LogP contribution is -2.27. The van der Waals surface area contributed by atoms with Gasteiger partial charge in [0.1, 0.15) is 30.0 Å². The third-order valence-electron chi connectivity index (χ3n) is 3.75. The maximum atomic E-state index is 12.8. The Morgan fingerprint density at radius 2 is 1.67 bits per heavy atom. The van der Waals surface area contributed by atoms with Gasteiger partial charge >= 0.3 is 6.36 Å². The van der Waals surface area contributed by atoms with Crippen LogP contribution >= 0.6 is 23.2 Å². The van der Waals surface area contributed by atoms with Crippen LogP contribution in [0.15, 0.2) is 60.9 Å². The van der Waals surface area contributed by atoms with Gasteiger partial charge in [-0.05, 0) is 36.4 Å². The van der Waals surface area contributed by atoms with E-state index in [1.165, 1.54) is 24.3 Å². The van der Waals surface area contributed by atoms with E-state index in [1.807, 2.05) is 0 Å². The summed E-state index contributed by atoms with van der Waals surface area (Å²) in [5.74, 6) is -0.666. The Kier molecular flexibility index (Phi) is 6.38. The van der Waals surface area contributed by atoms with Crippen LogP contribution in [0.1, 0.15) is 10.4 Å². The average Bonchev–Trinajstić information content (AvgIpc) is 2.65. The molecule has 0 bridgehead atoms. The number of rotatable bonds is 5. The van der Waals surface area contributed by atoms with Gasteiger partial charge in [-0.25, -0.2) is 4.57 Å². The number of anilines is 1. The quantitative estimate of drug-likeness (QED) is 0.495. The zero-order valence-electron chi connectivity index (χ0n) is 15.3. The van der Waals surface area contributed by atoms with Crippen molar-refractivity contribution in [3.05, 3.63) is 76.5 Å². The molecule has 30 heavy (non-hydrogen) atoms. The van der Waals surface area contributed by atoms with Crippen LogP contribution in [0.5, 0.6) is 17.2 Å². The van der Waals surface area contributed by atoms with Crippen molar-refractivity contribution >= 4 is 34.8 Å². The molecule has 1 N–H and O–H groups in total. The first-order valence-electron chi connectivity index (χ1n) is 8.40. The van der Waals surface area contributed by atoms with Crippen molar-refractivity contribution < 1.29 is 32.0 Å². The molecule has 3 rings (SSSR count). The van der Waals surface area contributed by atoms with Crippen molar-refractivity contribution in [3.8, 4) is 17.2 Å². The number of pyridine rings is 1. The molecular formula is C20H14Cl2F3N2O3+. The largest absolute Gasteiger partial charge is 0.573 e. The zero-order chi connectivity index (χ0) is 21.9. The molecule has 0 saturated carbocycles. The molecule has 0 aliphatic rings. The summed E-state index contributed by atoms with van der Waals surface area (Å²) in [7, 11) is 1.80. The number of hydrogen-bond acceptors (Lipinski definition) is 3. The summed E-state index contributed by atoms with van der Waals surface area (Å²) in [5, 5.41) is 3.01. The maximum Gasteiger partial charge on any atom is 0.573 e. The van der Waals surface area contributed by atoms with Gasteiger partial charge in [-0.2, -0.15) is 0 Å². The second kappa shape index (κ2) is 8.81. The number of aromatic nitrogens is 1. The fraction of sp³-hybridized carbons (Fsp3) is 0.100. The van der Waals surface area contributed by atoms with Gasteiger partial charge in [0.2, 0.25) is 0 Å². The molecule has 10 heteroatoms. The van der Waals surface area contributed by atoms with Gasteiger partial charge in [0, 0.05) is 12.1 Å². The number of halogens is 5. The Labute approximate surface area is 179 Å². The van der Waals surface area contributed by atoms with Gasteiger partial charge in [-0.15, -0.1) is 13.2 Å². The molecule has 0 aliphatic carbocycles. The number of carbonyl (C=O) groups excluding carboxylic acids is 1. The third-order valence-corrected chi connectivity index (χ3v) is 4.47. The van der Waals surface area contributed by atoms with E-state index in [4.69, 9.17) is 27.9 Å². The van der Waals surface area contributed by atoms with Crippen LogP contribution in [0.2, 0.25) is 10.0 Å². The van der Waals surface area contributed by atoms with Crippen LogP contribution < -0.4 is 19.4 Å². The Balaban J connectivity index is 1.85. The number of alkyl halides is 3. The molecule has 1 aromatic heterocycles. The SMILES string of the molecule is C[n+]1cccc(NC(=O)c2cc(Cl)c(Cl)cc2Oc2ccc(OC(F)(F)F)cc2)c1. The number of carbonyl (C=O) groups is 1. The summed E-state index contributed by atoms with van der Waals surface area (Å²) in [6.45, 7) is 0. The minimum atomic E-state index is -4.80. The third kappa shape index (κ3) is 5.77. The standard InChI is InChI=1S/C20H13Cl2F3N2O3/c1-27-8-2-3-12(11-27)26-19(28)15-9-16(21)17(22)10-18(15)29-13-4-6-14(7-5-13)30-20(23,24)25/h2-11H,1H3/p+1. The maximum absolute atomic E-state index is 12.8. The Morgan fingerprint density at radius 3 is 2.30 bits per heavy atom. The molecular weight excluding hydrogens is 444 g/mol. The fourth-order valence-corrected chi connectivity index (χ4v) is 2.80. The van der Waals surface area contributed by atoms with Crippen LogP contribution in [0.3, 0.4) is 0 Å². The molecule has 0 aliphatic heterocycles. The number of nitrogens with one attached hydrogen (secondary N) is 1. The van der Waals surface area contributed by atoms with Crippen molar-refractivity contribution in [2.45, 2.75) is 6.36 Å². The van der Waals surface area contributed by atoms with Crippen molar-refractivity contribution in [1.82, 2.24) is 0 Å². The van der Waals surface area contributed by atoms with E-state index in [2.05, 4.69) is 10.1 Å². The van der Waals surface area contributed by atoms with Crippen LogP contribution in [0, 0.1) is 0 Å². The topological polar surface area (TPSA) is 51.4 Å². The van der Waals surface area contributed by atoms with E-state index >= 15 is 0 Å². The van der Waals surface area contributed by atoms with Crippen molar-refractivity contribution in [3.63, 3.8) is 0 Å². The molecule has 0 radical (unpaired) electrons. The van der Waals surface area contributed by atoms with Crippen molar-refractivity contribution in [2.24, 2.45) is 7.05 Å². The molecule has 0 saturated heterocycles. The predicted octanol–water partition coefficient (Wildman–Crippen LogP) is 5.76. The summed E-state index contributed by atoms with van der Waals surface area (Å²) in [5.41, 5.74) is 0.627. The lowest BCUT2D eigenvalue weighted by Gasteiger charge is -2.13. The van der Waals surface area contributed by atoms with Crippen LogP contribution in [-0.4, -0.2) is 12.3 Å². The Bertz CT molecular complexity index is 1070. The second-order valence-electron chi connectivity index (χ2n) is 6.10. The molecule has 3 aromatic rings. The first kappa shape index (κ1) is 21.7. The smallest absolute Gasteiger partial charge is 0.456 e. The molecule has 5 nitrogen and oxygen atoms in total. The van der Waals surface area contributed by atoms with Gasteiger partial charge in [0.05, 0.1) is 15.6 Å². The summed E-state index contributed by atoms with van der Waals surface area (Å²) in [4.78, 5) is 12.8. The van der Waals surface area contributed by atoms with Gasteiger partial charge in [0.15, 0.2) is 12.4 Å². The summed E-state index contributed by atoms with van der Waals surface area (Å²) < 4.78 is 48.1. The highest BCUT2D eigenvalue weighted by molar-refractivity contribution is 6.42. The van der Waals surface area contributed by atoms with Gasteiger partial charge < -0.3 is 14.8 Å². The number of benzene rings is 2. The average molecular weight is 458 g/mol. The monoisotopic (exact) mass is 457 g/mol. The Hall–Kier alpha value is -2.97. The lowest BCUT2D eigenvalue weighted by atomic mass is 10.1. The van der Waals surface area contributed by atoms with Crippen molar-refractivity contribution in [2.75, 3.05) is 5.32 Å². The van der Waals surface area contributed by atoms with E-state index in [0.717, 1.165) is 12.1 Å². The molecule has 1 heterocycles. The number of hydrogen-bond donors (Lipinski definition) is 1. The van der Waals surface area contributed by atoms with E-state index in [-0.39, 0.29) is 27.1 Å². The van der Waals surface area contributed by atoms with Crippen LogP contribution in [0.4, 0.5) is 18.9 Å². The summed E-state index contributed by atoms with van der Waals surface area (Å²) in [6, 6.07) is 10.9. The van der Waals surface area contributed by atoms with E-state index < -0.39 is 18.0 Å². The minimum absolute atomic E-state index is 0.0756. The van der Waals surface area contributed by atoms with Crippen LogP contribution in [0.25, 0.3) is 0 Å². The highest BCUT2D eigenvalue weighted by Crippen LogP contribution is 2.35. The second-order valence-corrected chi connectivity index (χ2v) is 6.91. The zero-order valence-corrected chi connectivity index (χ0v) is 16.8. The molecule has 0 spiro atoms. The van der Waals surface area contributed by atoms with E-state index in [1.54, 1.807) is 36.1 Å². The highest BCUT2D eigenvalue weighted by atomic mass is 35.5. The normalized spacial score (nSPS) is 11.1. The molecule has 0 unspecified atom stereocenters. The first-order chi connectivity index (χ1) is 14.1. The molecule has 156 valence electrons. The van der Waals surface area contributed by atoms with Gasteiger partial charge in [-0.3, -0.25) is 4.79 Å². The minimum Gasteiger partial charge on any atom is -0.456 e. The molecule has 2 aromatic carbocycles. The van der Waals surface area contributed by atoms with Gasteiger partial charge in [0.25, 0.3) is 5.91 Å². The van der Waals surface area contributed by atoms with Crippen LogP contribution in [-0.2, 0) is 7.05 Å². The predicted molar refractivity (Wildman–Crippen MR) is 105 cm³/mol. The number of aryl methyl sites for hydroxylation is 1. The first-order valence-corrected chi connectivity index (χ1v) is 9.16. The number of nitrogens with zero attached hydrogens (tertiary/aromatic N) is 1. The van der Waals surface area contributed by atoms with Crippen molar-refractivity contribution in [1.29, 1.82) is 0 Å². The number of ether oxygens (including phenoxy) is 2. The molecule has 1 amide bonds. The van der Waals surface area contributed by atoms with E-state index in [0.29, 0.717) is 5.69 Å². The summed E-state index contributed by atoms with van der Waals surface area (Å²) in [6.07, 6.45) is -1.30. The molecule has 0 atom stereocenters. The highest BCUT2D eigenvalue weighted by Gasteiger charge is 2.31. The fourth-order valence-electron chi connectivity index (χ4n) is 2.49. The Morgan fingerprint density at radius 1 is 1.03 bits per heavy atom. The summed E-state index contributed by atoms with van der Waals surface area (Å²) >= 11 is 12.1. The lowest BCUT2D eigenvalue weighted by molar-refractivity contribution is -0.670. The number of amides is 1.